The van der Waals surface area contributed by atoms with Crippen LogP contribution in [0.4, 0.5) is 0 Å². The highest BCUT2D eigenvalue weighted by molar-refractivity contribution is 6.30. The molecular weight excluding hydrogens is 286 g/mol. The number of aryl methyl sites for hydroxylation is 1. The molecule has 21 heavy (non-hydrogen) atoms. The lowest BCUT2D eigenvalue weighted by atomic mass is 10.1. The number of aliphatic hydroxyl groups excluding tert-OH is 1. The third-order valence-electron chi connectivity index (χ3n) is 3.39. The number of hydrogen-bond acceptors (Lipinski definition) is 3. The molecule has 0 fully saturated rings. The first kappa shape index (κ1) is 15.8. The van der Waals surface area contributed by atoms with Crippen LogP contribution in [0, 0.1) is 6.92 Å². The monoisotopic (exact) mass is 305 g/mol. The first-order valence-corrected chi connectivity index (χ1v) is 7.25. The zero-order valence-corrected chi connectivity index (χ0v) is 13.0. The SMILES string of the molecule is COc1cc(CNCC(O)c2ccc(Cl)cc2)ccc1C. The quantitative estimate of drug-likeness (QED) is 0.858. The fourth-order valence-electron chi connectivity index (χ4n) is 2.13. The predicted molar refractivity (Wildman–Crippen MR) is 85.8 cm³/mol. The average molecular weight is 306 g/mol. The second-order valence-electron chi connectivity index (χ2n) is 5.00. The van der Waals surface area contributed by atoms with E-state index in [0.717, 1.165) is 22.4 Å². The first-order valence-electron chi connectivity index (χ1n) is 6.88. The van der Waals surface area contributed by atoms with Gasteiger partial charge in [-0.3, -0.25) is 0 Å². The standard InChI is InChI=1S/C17H20ClNO2/c1-12-3-4-13(9-17(12)21-2)10-19-11-16(20)14-5-7-15(18)8-6-14/h3-9,16,19-20H,10-11H2,1-2H3. The molecule has 0 bridgehead atoms. The van der Waals surface area contributed by atoms with Crippen LogP contribution in [0.5, 0.6) is 5.75 Å². The van der Waals surface area contributed by atoms with E-state index < -0.39 is 6.10 Å². The molecule has 0 radical (unpaired) electrons. The van der Waals surface area contributed by atoms with Crippen LogP contribution in [-0.4, -0.2) is 18.8 Å². The van der Waals surface area contributed by atoms with Crippen LogP contribution >= 0.6 is 11.6 Å². The average Bonchev–Trinajstić information content (AvgIpc) is 2.49. The highest BCUT2D eigenvalue weighted by Crippen LogP contribution is 2.19. The topological polar surface area (TPSA) is 41.5 Å². The van der Waals surface area contributed by atoms with Crippen molar-refractivity contribution in [1.29, 1.82) is 0 Å². The Hall–Kier alpha value is -1.55. The molecule has 112 valence electrons. The lowest BCUT2D eigenvalue weighted by Gasteiger charge is -2.13. The fraction of sp³-hybridized carbons (Fsp3) is 0.294. The normalized spacial score (nSPS) is 12.2. The summed E-state index contributed by atoms with van der Waals surface area (Å²) in [5, 5.41) is 14.0. The number of benzene rings is 2. The Labute approximate surface area is 130 Å². The Morgan fingerprint density at radius 3 is 2.57 bits per heavy atom. The molecule has 0 amide bonds. The van der Waals surface area contributed by atoms with E-state index in [1.165, 1.54) is 0 Å². The molecule has 2 rings (SSSR count). The zero-order chi connectivity index (χ0) is 15.2. The Balaban J connectivity index is 1.87. The Bertz CT molecular complexity index is 584. The molecule has 1 atom stereocenters. The van der Waals surface area contributed by atoms with Crippen LogP contribution in [0.15, 0.2) is 42.5 Å². The molecule has 2 N–H and O–H groups in total. The van der Waals surface area contributed by atoms with Gasteiger partial charge in [0.15, 0.2) is 0 Å². The number of aliphatic hydroxyl groups is 1. The molecule has 0 aliphatic heterocycles. The molecule has 4 heteroatoms. The summed E-state index contributed by atoms with van der Waals surface area (Å²) >= 11 is 5.83. The highest BCUT2D eigenvalue weighted by atomic mass is 35.5. The molecule has 0 spiro atoms. The van der Waals surface area contributed by atoms with Crippen molar-refractivity contribution in [2.45, 2.75) is 19.6 Å². The van der Waals surface area contributed by atoms with Gasteiger partial charge in [-0.2, -0.15) is 0 Å². The second kappa shape index (κ2) is 7.46. The summed E-state index contributed by atoms with van der Waals surface area (Å²) in [7, 11) is 1.67. The summed E-state index contributed by atoms with van der Waals surface area (Å²) in [6.07, 6.45) is -0.547. The number of rotatable bonds is 6. The number of ether oxygens (including phenoxy) is 1. The molecule has 2 aromatic carbocycles. The van der Waals surface area contributed by atoms with Gasteiger partial charge in [0, 0.05) is 18.1 Å². The summed E-state index contributed by atoms with van der Waals surface area (Å²) in [6, 6.07) is 13.3. The van der Waals surface area contributed by atoms with Crippen molar-refractivity contribution in [2.75, 3.05) is 13.7 Å². The molecule has 0 aliphatic carbocycles. The maximum absolute atomic E-state index is 10.1. The van der Waals surface area contributed by atoms with Crippen molar-refractivity contribution in [3.63, 3.8) is 0 Å². The third kappa shape index (κ3) is 4.46. The van der Waals surface area contributed by atoms with E-state index in [2.05, 4.69) is 11.4 Å². The summed E-state index contributed by atoms with van der Waals surface area (Å²) in [4.78, 5) is 0. The second-order valence-corrected chi connectivity index (χ2v) is 5.44. The third-order valence-corrected chi connectivity index (χ3v) is 3.65. The Morgan fingerprint density at radius 2 is 1.90 bits per heavy atom. The summed E-state index contributed by atoms with van der Waals surface area (Å²) in [5.74, 6) is 0.882. The van der Waals surface area contributed by atoms with Crippen molar-refractivity contribution in [1.82, 2.24) is 5.32 Å². The van der Waals surface area contributed by atoms with E-state index in [9.17, 15) is 5.11 Å². The maximum Gasteiger partial charge on any atom is 0.122 e. The lowest BCUT2D eigenvalue weighted by molar-refractivity contribution is 0.174. The van der Waals surface area contributed by atoms with Gasteiger partial charge in [-0.25, -0.2) is 0 Å². The number of nitrogens with one attached hydrogen (secondary N) is 1. The molecule has 0 aromatic heterocycles. The minimum absolute atomic E-state index is 0.484. The number of halogens is 1. The largest absolute Gasteiger partial charge is 0.496 e. The van der Waals surface area contributed by atoms with E-state index in [-0.39, 0.29) is 0 Å². The van der Waals surface area contributed by atoms with Crippen LogP contribution in [0.3, 0.4) is 0 Å². The van der Waals surface area contributed by atoms with Crippen molar-refractivity contribution >= 4 is 11.6 Å². The van der Waals surface area contributed by atoms with Crippen molar-refractivity contribution < 1.29 is 9.84 Å². The Kier molecular flexibility index (Phi) is 5.62. The minimum Gasteiger partial charge on any atom is -0.496 e. The van der Waals surface area contributed by atoms with Gasteiger partial charge < -0.3 is 15.2 Å². The van der Waals surface area contributed by atoms with Gasteiger partial charge in [-0.05, 0) is 41.8 Å². The van der Waals surface area contributed by atoms with Crippen molar-refractivity contribution in [3.05, 3.63) is 64.2 Å². The van der Waals surface area contributed by atoms with Gasteiger partial charge in [0.25, 0.3) is 0 Å². The molecule has 3 nitrogen and oxygen atoms in total. The smallest absolute Gasteiger partial charge is 0.122 e. The van der Waals surface area contributed by atoms with Gasteiger partial charge in [0.1, 0.15) is 5.75 Å². The van der Waals surface area contributed by atoms with Gasteiger partial charge in [0.2, 0.25) is 0 Å². The van der Waals surface area contributed by atoms with Crippen molar-refractivity contribution in [3.8, 4) is 5.75 Å². The molecule has 0 saturated carbocycles. The highest BCUT2D eigenvalue weighted by Gasteiger charge is 2.07. The number of methoxy groups -OCH3 is 1. The zero-order valence-electron chi connectivity index (χ0n) is 12.3. The molecule has 0 aliphatic rings. The van der Waals surface area contributed by atoms with E-state index >= 15 is 0 Å². The van der Waals surface area contributed by atoms with Gasteiger partial charge in [-0.1, -0.05) is 35.9 Å². The predicted octanol–water partition coefficient (Wildman–Crippen LogP) is 3.48. The van der Waals surface area contributed by atoms with Gasteiger partial charge in [0.05, 0.1) is 13.2 Å². The van der Waals surface area contributed by atoms with Crippen LogP contribution in [0.2, 0.25) is 5.02 Å². The Morgan fingerprint density at radius 1 is 1.19 bits per heavy atom. The lowest BCUT2D eigenvalue weighted by Crippen LogP contribution is -2.21. The molecule has 1 unspecified atom stereocenters. The minimum atomic E-state index is -0.547. The van der Waals surface area contributed by atoms with E-state index in [1.54, 1.807) is 19.2 Å². The van der Waals surface area contributed by atoms with Gasteiger partial charge in [-0.15, -0.1) is 0 Å². The van der Waals surface area contributed by atoms with Crippen LogP contribution < -0.4 is 10.1 Å². The fourth-order valence-corrected chi connectivity index (χ4v) is 2.26. The summed E-state index contributed by atoms with van der Waals surface area (Å²) in [6.45, 7) is 3.18. The van der Waals surface area contributed by atoms with E-state index in [1.807, 2.05) is 31.2 Å². The maximum atomic E-state index is 10.1. The van der Waals surface area contributed by atoms with Crippen LogP contribution in [0.1, 0.15) is 22.8 Å². The number of hydrogen-bond donors (Lipinski definition) is 2. The van der Waals surface area contributed by atoms with Crippen molar-refractivity contribution in [2.24, 2.45) is 0 Å². The van der Waals surface area contributed by atoms with Crippen LogP contribution in [0.25, 0.3) is 0 Å². The van der Waals surface area contributed by atoms with E-state index in [0.29, 0.717) is 18.1 Å². The molecule has 0 saturated heterocycles. The molecular formula is C17H20ClNO2. The van der Waals surface area contributed by atoms with E-state index in [4.69, 9.17) is 16.3 Å². The summed E-state index contributed by atoms with van der Waals surface area (Å²) in [5.41, 5.74) is 3.09. The first-order chi connectivity index (χ1) is 10.1. The molecule has 0 heterocycles. The van der Waals surface area contributed by atoms with Gasteiger partial charge >= 0.3 is 0 Å². The summed E-state index contributed by atoms with van der Waals surface area (Å²) < 4.78 is 5.30. The van der Waals surface area contributed by atoms with Crippen LogP contribution in [-0.2, 0) is 6.54 Å². The molecule has 2 aromatic rings.